The van der Waals surface area contributed by atoms with Gasteiger partial charge < -0.3 is 14.0 Å². The number of fused-ring (bicyclic) bond motifs is 3. The van der Waals surface area contributed by atoms with E-state index in [0.29, 0.717) is 24.5 Å². The number of rotatable bonds is 5. The molecule has 5 rings (SSSR count). The summed E-state index contributed by atoms with van der Waals surface area (Å²) >= 11 is 1.67. The summed E-state index contributed by atoms with van der Waals surface area (Å²) in [7, 11) is 1.67. The number of benzene rings is 3. The highest BCUT2D eigenvalue weighted by Crippen LogP contribution is 2.39. The summed E-state index contributed by atoms with van der Waals surface area (Å²) < 4.78 is 27.6. The molecule has 0 spiro atoms. The molecule has 3 aromatic carbocycles. The number of nitrogens with zero attached hydrogens (tertiary/aromatic N) is 3. The first-order chi connectivity index (χ1) is 17.0. The van der Waals surface area contributed by atoms with Crippen LogP contribution in [0.4, 0.5) is 4.39 Å². The molecule has 0 bridgehead atoms. The zero-order valence-corrected chi connectivity index (χ0v) is 20.6. The molecule has 0 N–H and O–H groups in total. The van der Waals surface area contributed by atoms with Crippen molar-refractivity contribution < 1.29 is 13.9 Å². The number of halogens is 1. The zero-order chi connectivity index (χ0) is 24.5. The number of imidazole rings is 1. The van der Waals surface area contributed by atoms with Gasteiger partial charge >= 0.3 is 0 Å². The molecule has 0 radical (unpaired) electrons. The summed E-state index contributed by atoms with van der Waals surface area (Å²) in [5.41, 5.74) is 7.04. The summed E-state index contributed by atoms with van der Waals surface area (Å²) in [4.78, 5) is 5.99. The maximum absolute atomic E-state index is 13.9. The van der Waals surface area contributed by atoms with Crippen LogP contribution in [0, 0.1) is 17.1 Å². The molecule has 0 fully saturated rings. The average molecular weight is 486 g/mol. The Bertz CT molecular complexity index is 1520. The van der Waals surface area contributed by atoms with Crippen LogP contribution in [0.3, 0.4) is 0 Å². The van der Waals surface area contributed by atoms with Gasteiger partial charge in [-0.05, 0) is 60.2 Å². The first-order valence-electron chi connectivity index (χ1n) is 11.2. The average Bonchev–Trinajstić information content (AvgIpc) is 3.12. The molecule has 176 valence electrons. The van der Waals surface area contributed by atoms with Crippen LogP contribution in [-0.2, 0) is 24.5 Å². The van der Waals surface area contributed by atoms with Crippen LogP contribution >= 0.6 is 11.8 Å². The SMILES string of the molecule is COCc1nc2c(SC)cccc2n1Cc1ccc2c(c1)COc1cc(F)ccc1/C2=C(/C)C#N. The summed E-state index contributed by atoms with van der Waals surface area (Å²) in [6, 6.07) is 19.1. The number of thioether (sulfide) groups is 1. The van der Waals surface area contributed by atoms with Gasteiger partial charge in [-0.1, -0.05) is 18.2 Å². The second-order valence-electron chi connectivity index (χ2n) is 8.41. The van der Waals surface area contributed by atoms with Crippen LogP contribution in [0.15, 0.2) is 65.1 Å². The Morgan fingerprint density at radius 3 is 2.80 bits per heavy atom. The maximum atomic E-state index is 13.9. The van der Waals surface area contributed by atoms with Gasteiger partial charge in [-0.2, -0.15) is 5.26 Å². The molecular weight excluding hydrogens is 461 g/mol. The fraction of sp³-hybridized carbons (Fsp3) is 0.214. The van der Waals surface area contributed by atoms with Crippen LogP contribution in [0.25, 0.3) is 16.6 Å². The Kier molecular flexibility index (Phi) is 6.33. The van der Waals surface area contributed by atoms with Crippen molar-refractivity contribution in [2.75, 3.05) is 13.4 Å². The lowest BCUT2D eigenvalue weighted by molar-refractivity contribution is 0.175. The lowest BCUT2D eigenvalue weighted by Gasteiger charge is -2.14. The molecule has 0 unspecified atom stereocenters. The van der Waals surface area contributed by atoms with E-state index in [2.05, 4.69) is 41.2 Å². The minimum absolute atomic E-state index is 0.286. The highest BCUT2D eigenvalue weighted by molar-refractivity contribution is 7.98. The molecule has 7 heteroatoms. The zero-order valence-electron chi connectivity index (χ0n) is 19.8. The lowest BCUT2D eigenvalue weighted by Crippen LogP contribution is -2.07. The Labute approximate surface area is 207 Å². The van der Waals surface area contributed by atoms with Crippen LogP contribution in [0.1, 0.15) is 35.0 Å². The molecule has 1 aliphatic heterocycles. The number of hydrogen-bond acceptors (Lipinski definition) is 5. The van der Waals surface area contributed by atoms with E-state index in [1.54, 1.807) is 31.9 Å². The molecular formula is C28H24FN3O2S. The molecule has 35 heavy (non-hydrogen) atoms. The smallest absolute Gasteiger partial charge is 0.136 e. The summed E-state index contributed by atoms with van der Waals surface area (Å²) in [6.45, 7) is 3.08. The van der Waals surface area contributed by atoms with Crippen molar-refractivity contribution in [3.05, 3.63) is 94.1 Å². The maximum Gasteiger partial charge on any atom is 0.136 e. The standard InChI is InChI=1S/C28H24FN3O2S/c1-17(13-30)27-21-9-7-18(11-19(21)15-34-24-12-20(29)8-10-22(24)27)14-32-23-5-4-6-25(35-3)28(23)31-26(32)16-33-2/h4-12H,14-16H2,1-3H3/b27-17-. The van der Waals surface area contributed by atoms with Gasteiger partial charge in [0.2, 0.25) is 0 Å². The Morgan fingerprint density at radius 2 is 2.03 bits per heavy atom. The molecule has 1 aliphatic rings. The van der Waals surface area contributed by atoms with Crippen LogP contribution in [0.2, 0.25) is 0 Å². The Hall–Kier alpha value is -3.60. The third-order valence-electron chi connectivity index (χ3n) is 6.23. The fourth-order valence-corrected chi connectivity index (χ4v) is 5.18. The van der Waals surface area contributed by atoms with E-state index in [0.717, 1.165) is 49.6 Å². The number of hydrogen-bond donors (Lipinski definition) is 0. The monoisotopic (exact) mass is 485 g/mol. The molecule has 0 saturated carbocycles. The van der Waals surface area contributed by atoms with Crippen molar-refractivity contribution in [1.29, 1.82) is 5.26 Å². The van der Waals surface area contributed by atoms with Gasteiger partial charge in [0.15, 0.2) is 0 Å². The topological polar surface area (TPSA) is 60.1 Å². The van der Waals surface area contributed by atoms with Gasteiger partial charge in [0.1, 0.15) is 36.1 Å². The molecule has 0 atom stereocenters. The van der Waals surface area contributed by atoms with Crippen molar-refractivity contribution >= 4 is 28.4 Å². The van der Waals surface area contributed by atoms with Gasteiger partial charge in [-0.3, -0.25) is 0 Å². The van der Waals surface area contributed by atoms with Gasteiger partial charge in [-0.25, -0.2) is 9.37 Å². The molecule has 4 aromatic rings. The second-order valence-corrected chi connectivity index (χ2v) is 9.26. The molecule has 0 saturated heterocycles. The van der Waals surface area contributed by atoms with Crippen molar-refractivity contribution in [1.82, 2.24) is 9.55 Å². The summed E-state index contributed by atoms with van der Waals surface area (Å²) in [5, 5.41) is 9.69. The predicted octanol–water partition coefficient (Wildman–Crippen LogP) is 6.33. The number of para-hydroxylation sites is 1. The Balaban J connectivity index is 1.60. The number of allylic oxidation sites excluding steroid dienone is 1. The summed E-state index contributed by atoms with van der Waals surface area (Å²) in [5.74, 6) is 0.936. The van der Waals surface area contributed by atoms with E-state index >= 15 is 0 Å². The van der Waals surface area contributed by atoms with E-state index < -0.39 is 0 Å². The number of aromatic nitrogens is 2. The van der Waals surface area contributed by atoms with Gasteiger partial charge in [0, 0.05) is 41.3 Å². The van der Waals surface area contributed by atoms with Crippen LogP contribution < -0.4 is 4.74 Å². The highest BCUT2D eigenvalue weighted by Gasteiger charge is 2.23. The van der Waals surface area contributed by atoms with Crippen molar-refractivity contribution in [2.45, 2.75) is 31.6 Å². The van der Waals surface area contributed by atoms with Crippen molar-refractivity contribution in [3.8, 4) is 11.8 Å². The lowest BCUT2D eigenvalue weighted by atomic mass is 9.90. The van der Waals surface area contributed by atoms with Crippen LogP contribution in [0.5, 0.6) is 5.75 Å². The van der Waals surface area contributed by atoms with E-state index in [9.17, 15) is 9.65 Å². The second kappa shape index (κ2) is 9.57. The van der Waals surface area contributed by atoms with E-state index in [1.165, 1.54) is 12.1 Å². The molecule has 0 amide bonds. The minimum atomic E-state index is -0.369. The van der Waals surface area contributed by atoms with Crippen molar-refractivity contribution in [3.63, 3.8) is 0 Å². The normalized spacial score (nSPS) is 14.0. The molecule has 5 nitrogen and oxygen atoms in total. The van der Waals surface area contributed by atoms with E-state index in [4.69, 9.17) is 14.5 Å². The molecule has 0 aliphatic carbocycles. The molecule has 1 aromatic heterocycles. The highest BCUT2D eigenvalue weighted by atomic mass is 32.2. The van der Waals surface area contributed by atoms with E-state index in [1.807, 2.05) is 12.1 Å². The minimum Gasteiger partial charge on any atom is -0.488 e. The van der Waals surface area contributed by atoms with Gasteiger partial charge in [0.25, 0.3) is 0 Å². The Morgan fingerprint density at radius 1 is 1.20 bits per heavy atom. The molecule has 2 heterocycles. The first-order valence-corrected chi connectivity index (χ1v) is 12.4. The van der Waals surface area contributed by atoms with Crippen molar-refractivity contribution in [2.24, 2.45) is 0 Å². The number of ether oxygens (including phenoxy) is 2. The van der Waals surface area contributed by atoms with Gasteiger partial charge in [0.05, 0.1) is 11.6 Å². The summed E-state index contributed by atoms with van der Waals surface area (Å²) in [6.07, 6.45) is 2.05. The fourth-order valence-electron chi connectivity index (χ4n) is 4.62. The third-order valence-corrected chi connectivity index (χ3v) is 7.00. The third kappa shape index (κ3) is 4.20. The predicted molar refractivity (Wildman–Crippen MR) is 136 cm³/mol. The van der Waals surface area contributed by atoms with E-state index in [-0.39, 0.29) is 12.4 Å². The van der Waals surface area contributed by atoms with Gasteiger partial charge in [-0.15, -0.1) is 11.8 Å². The number of methoxy groups -OCH3 is 1. The first kappa shape index (κ1) is 23.2. The largest absolute Gasteiger partial charge is 0.488 e. The number of nitriles is 1. The van der Waals surface area contributed by atoms with Crippen LogP contribution in [-0.4, -0.2) is 22.9 Å². The quantitative estimate of drug-likeness (QED) is 0.244.